The number of aliphatic hydroxyl groups is 1. The highest BCUT2D eigenvalue weighted by Gasteiger charge is 2.17. The summed E-state index contributed by atoms with van der Waals surface area (Å²) in [6.45, 7) is 2.07. The molecule has 2 atom stereocenters. The van der Waals surface area contributed by atoms with Crippen molar-refractivity contribution in [1.82, 2.24) is 0 Å². The van der Waals surface area contributed by atoms with Gasteiger partial charge in [0.05, 0.1) is 25.3 Å². The van der Waals surface area contributed by atoms with E-state index < -0.39 is 34.2 Å². The van der Waals surface area contributed by atoms with Gasteiger partial charge in [-0.15, -0.1) is 0 Å². The molecule has 130 valence electrons. The second-order valence-corrected chi connectivity index (χ2v) is 6.45. The molecular formula is C14H21NO7S. The summed E-state index contributed by atoms with van der Waals surface area (Å²) in [6.07, 6.45) is -1.45. The molecular weight excluding hydrogens is 326 g/mol. The summed E-state index contributed by atoms with van der Waals surface area (Å²) < 4.78 is 36.5. The minimum atomic E-state index is -3.70. The van der Waals surface area contributed by atoms with Gasteiger partial charge in [-0.3, -0.25) is 8.98 Å². The molecule has 0 saturated carbocycles. The van der Waals surface area contributed by atoms with Crippen molar-refractivity contribution >= 4 is 16.1 Å². The fraction of sp³-hybridized carbons (Fsp3) is 0.500. The van der Waals surface area contributed by atoms with Crippen LogP contribution in [-0.4, -0.2) is 45.3 Å². The monoisotopic (exact) mass is 347 g/mol. The van der Waals surface area contributed by atoms with Gasteiger partial charge in [0.1, 0.15) is 5.75 Å². The van der Waals surface area contributed by atoms with Gasteiger partial charge in [0.15, 0.2) is 6.29 Å². The van der Waals surface area contributed by atoms with Crippen LogP contribution in [0, 0.1) is 0 Å². The predicted molar refractivity (Wildman–Crippen MR) is 82.1 cm³/mol. The summed E-state index contributed by atoms with van der Waals surface area (Å²) in [6, 6.07) is 5.43. The Morgan fingerprint density at radius 1 is 1.30 bits per heavy atom. The van der Waals surface area contributed by atoms with Crippen LogP contribution >= 0.6 is 0 Å². The van der Waals surface area contributed by atoms with Gasteiger partial charge in [-0.2, -0.15) is 8.42 Å². The number of rotatable bonds is 9. The first kappa shape index (κ1) is 19.5. The van der Waals surface area contributed by atoms with E-state index in [1.165, 1.54) is 12.1 Å². The Morgan fingerprint density at radius 3 is 2.43 bits per heavy atom. The Labute approximate surface area is 135 Å². The van der Waals surface area contributed by atoms with Gasteiger partial charge in [-0.1, -0.05) is 12.1 Å². The maximum absolute atomic E-state index is 11.6. The summed E-state index contributed by atoms with van der Waals surface area (Å²) in [7, 11) is -2.67. The van der Waals surface area contributed by atoms with Crippen molar-refractivity contribution in [2.45, 2.75) is 25.7 Å². The van der Waals surface area contributed by atoms with Crippen molar-refractivity contribution in [3.8, 4) is 5.75 Å². The normalized spacial score (nSPS) is 14.3. The first-order valence-corrected chi connectivity index (χ1v) is 8.51. The highest BCUT2D eigenvalue weighted by Crippen LogP contribution is 2.19. The van der Waals surface area contributed by atoms with Crippen molar-refractivity contribution in [2.24, 2.45) is 5.73 Å². The fourth-order valence-electron chi connectivity index (χ4n) is 1.67. The van der Waals surface area contributed by atoms with Gasteiger partial charge in [-0.25, -0.2) is 0 Å². The molecule has 2 unspecified atom stereocenters. The Kier molecular flexibility index (Phi) is 7.59. The number of carbonyl (C=O) groups is 1. The Morgan fingerprint density at radius 2 is 1.91 bits per heavy atom. The van der Waals surface area contributed by atoms with Gasteiger partial charge < -0.3 is 20.3 Å². The van der Waals surface area contributed by atoms with Gasteiger partial charge >= 0.3 is 5.97 Å². The molecule has 9 heteroatoms. The number of hydrogen-bond donors (Lipinski definition) is 2. The standard InChI is InChI=1S/C14H21NO7S/c1-3-21-14(17)13(15)10-4-6-11(7-5-10)22-12(16)8-9-23(18,19)20-2/h4-7,13-14,17H,3,8-9,15H2,1-2H3. The van der Waals surface area contributed by atoms with E-state index in [0.29, 0.717) is 12.2 Å². The average molecular weight is 347 g/mol. The molecule has 0 spiro atoms. The minimum Gasteiger partial charge on any atom is -0.427 e. The third-order valence-electron chi connectivity index (χ3n) is 2.95. The first-order chi connectivity index (χ1) is 10.8. The molecule has 0 aromatic heterocycles. The quantitative estimate of drug-likeness (QED) is 0.283. The lowest BCUT2D eigenvalue weighted by atomic mass is 10.1. The van der Waals surface area contributed by atoms with Crippen molar-refractivity contribution in [1.29, 1.82) is 0 Å². The Balaban J connectivity index is 2.58. The molecule has 0 amide bonds. The number of esters is 1. The average Bonchev–Trinajstić information content (AvgIpc) is 2.53. The first-order valence-electron chi connectivity index (χ1n) is 6.93. The van der Waals surface area contributed by atoms with E-state index in [9.17, 15) is 18.3 Å². The number of benzene rings is 1. The molecule has 1 rings (SSSR count). The summed E-state index contributed by atoms with van der Waals surface area (Å²) in [5.41, 5.74) is 6.43. The molecule has 0 radical (unpaired) electrons. The van der Waals surface area contributed by atoms with Crippen LogP contribution in [0.2, 0.25) is 0 Å². The van der Waals surface area contributed by atoms with Gasteiger partial charge in [0.25, 0.3) is 10.1 Å². The highest BCUT2D eigenvalue weighted by atomic mass is 32.2. The largest absolute Gasteiger partial charge is 0.427 e. The van der Waals surface area contributed by atoms with Gasteiger partial charge in [0.2, 0.25) is 0 Å². The molecule has 0 aliphatic carbocycles. The van der Waals surface area contributed by atoms with E-state index in [-0.39, 0.29) is 12.2 Å². The number of nitrogens with two attached hydrogens (primary N) is 1. The van der Waals surface area contributed by atoms with Crippen LogP contribution in [0.5, 0.6) is 5.75 Å². The predicted octanol–water partition coefficient (Wildman–Crippen LogP) is 0.313. The lowest BCUT2D eigenvalue weighted by Crippen LogP contribution is -2.28. The molecule has 0 fully saturated rings. The summed E-state index contributed by atoms with van der Waals surface area (Å²) >= 11 is 0. The van der Waals surface area contributed by atoms with E-state index in [2.05, 4.69) is 4.18 Å². The molecule has 3 N–H and O–H groups in total. The number of hydrogen-bond acceptors (Lipinski definition) is 8. The third-order valence-corrected chi connectivity index (χ3v) is 4.16. The number of ether oxygens (including phenoxy) is 2. The van der Waals surface area contributed by atoms with Crippen molar-refractivity contribution < 1.29 is 32.0 Å². The molecule has 0 bridgehead atoms. The third kappa shape index (κ3) is 6.63. The van der Waals surface area contributed by atoms with E-state index in [1.54, 1.807) is 19.1 Å². The zero-order valence-corrected chi connectivity index (χ0v) is 13.8. The smallest absolute Gasteiger partial charge is 0.312 e. The molecule has 0 aliphatic rings. The fourth-order valence-corrected chi connectivity index (χ4v) is 2.25. The van der Waals surface area contributed by atoms with Crippen LogP contribution in [0.1, 0.15) is 24.9 Å². The van der Waals surface area contributed by atoms with E-state index in [1.807, 2.05) is 0 Å². The molecule has 1 aromatic rings. The minimum absolute atomic E-state index is 0.242. The Hall–Kier alpha value is -1.52. The van der Waals surface area contributed by atoms with Crippen LogP contribution in [-0.2, 0) is 23.8 Å². The molecule has 0 aliphatic heterocycles. The van der Waals surface area contributed by atoms with Crippen LogP contribution < -0.4 is 10.5 Å². The van der Waals surface area contributed by atoms with Gasteiger partial charge in [-0.05, 0) is 24.6 Å². The molecule has 23 heavy (non-hydrogen) atoms. The molecule has 0 heterocycles. The lowest BCUT2D eigenvalue weighted by Gasteiger charge is -2.19. The number of carbonyl (C=O) groups excluding carboxylic acids is 1. The highest BCUT2D eigenvalue weighted by molar-refractivity contribution is 7.86. The zero-order valence-electron chi connectivity index (χ0n) is 13.0. The van der Waals surface area contributed by atoms with Crippen molar-refractivity contribution in [3.63, 3.8) is 0 Å². The van der Waals surface area contributed by atoms with E-state index in [4.69, 9.17) is 15.2 Å². The molecule has 8 nitrogen and oxygen atoms in total. The summed E-state index contributed by atoms with van der Waals surface area (Å²) in [5.74, 6) is -0.907. The maximum Gasteiger partial charge on any atom is 0.312 e. The molecule has 0 saturated heterocycles. The van der Waals surface area contributed by atoms with Crippen LogP contribution in [0.3, 0.4) is 0 Å². The van der Waals surface area contributed by atoms with Gasteiger partial charge in [0, 0.05) is 6.61 Å². The summed E-state index contributed by atoms with van der Waals surface area (Å²) in [4.78, 5) is 11.6. The van der Waals surface area contributed by atoms with Crippen molar-refractivity contribution in [3.05, 3.63) is 29.8 Å². The number of aliphatic hydroxyl groups excluding tert-OH is 1. The van der Waals surface area contributed by atoms with Crippen molar-refractivity contribution in [2.75, 3.05) is 19.5 Å². The second kappa shape index (κ2) is 8.94. The molecule has 1 aromatic carbocycles. The maximum atomic E-state index is 11.6. The zero-order chi connectivity index (χ0) is 17.5. The van der Waals surface area contributed by atoms with Crippen LogP contribution in [0.15, 0.2) is 24.3 Å². The topological polar surface area (TPSA) is 125 Å². The summed E-state index contributed by atoms with van der Waals surface area (Å²) in [5, 5.41) is 9.65. The Bertz CT molecular complexity index is 600. The SMILES string of the molecule is CCOC(O)C(N)c1ccc(OC(=O)CCS(=O)(=O)OC)cc1. The second-order valence-electron chi connectivity index (χ2n) is 4.59. The van der Waals surface area contributed by atoms with E-state index >= 15 is 0 Å². The van der Waals surface area contributed by atoms with E-state index in [0.717, 1.165) is 7.11 Å². The lowest BCUT2D eigenvalue weighted by molar-refractivity contribution is -0.134. The van der Waals surface area contributed by atoms with Crippen LogP contribution in [0.25, 0.3) is 0 Å². The van der Waals surface area contributed by atoms with Crippen LogP contribution in [0.4, 0.5) is 0 Å².